The molecule has 0 aromatic rings. The molecule has 3 unspecified atom stereocenters. The lowest BCUT2D eigenvalue weighted by atomic mass is 10.1. The summed E-state index contributed by atoms with van der Waals surface area (Å²) in [5.74, 6) is -1.72. The quantitative estimate of drug-likeness (QED) is 0.807. The van der Waals surface area contributed by atoms with E-state index in [0.29, 0.717) is 0 Å². The van der Waals surface area contributed by atoms with E-state index in [0.717, 1.165) is 32.4 Å². The van der Waals surface area contributed by atoms with Crippen LogP contribution in [0.5, 0.6) is 0 Å². The fourth-order valence-corrected chi connectivity index (χ4v) is 3.24. The van der Waals surface area contributed by atoms with E-state index in [2.05, 4.69) is 0 Å². The van der Waals surface area contributed by atoms with Crippen LogP contribution in [0.4, 0.5) is 0 Å². The van der Waals surface area contributed by atoms with Crippen molar-refractivity contribution in [3.63, 3.8) is 0 Å². The minimum atomic E-state index is -1.42. The van der Waals surface area contributed by atoms with Crippen LogP contribution in [0.2, 0.25) is 0 Å². The molecule has 0 bridgehead atoms. The molecule has 1 fully saturated rings. The number of likely N-dealkylation sites (tertiary alicyclic amines) is 1. The van der Waals surface area contributed by atoms with Crippen molar-refractivity contribution in [2.45, 2.75) is 38.4 Å². The average molecular weight is 275 g/mol. The van der Waals surface area contributed by atoms with E-state index in [-0.39, 0.29) is 11.7 Å². The molecule has 1 rings (SSSR count). The third-order valence-corrected chi connectivity index (χ3v) is 5.06. The Hall–Kier alpha value is -0.910. The van der Waals surface area contributed by atoms with Crippen molar-refractivity contribution in [1.82, 2.24) is 4.90 Å². The van der Waals surface area contributed by atoms with Gasteiger partial charge in [0.05, 0.1) is 5.92 Å². The second kappa shape index (κ2) is 6.87. The number of carboxylic acids is 1. The van der Waals surface area contributed by atoms with Crippen molar-refractivity contribution in [3.05, 3.63) is 0 Å². The summed E-state index contributed by atoms with van der Waals surface area (Å²) in [6, 6.07) is 0. The van der Waals surface area contributed by atoms with E-state index in [1.165, 1.54) is 6.92 Å². The standard InChI is InChI=1S/C12H21NO4S/c1-9(12(15)16)8-18(17)10(2)11(14)13-6-4-3-5-7-13/h9-10H,3-8H2,1-2H3,(H,15,16). The second-order valence-corrected chi connectivity index (χ2v) is 6.62. The Bertz CT molecular complexity index is 339. The maximum Gasteiger partial charge on any atom is 0.307 e. The number of carbonyl (C=O) groups is 2. The molecule has 0 saturated carbocycles. The third-order valence-electron chi connectivity index (χ3n) is 3.25. The number of nitrogens with zero attached hydrogens (tertiary/aromatic N) is 1. The van der Waals surface area contributed by atoms with Gasteiger partial charge in [-0.25, -0.2) is 0 Å². The maximum absolute atomic E-state index is 12.1. The van der Waals surface area contributed by atoms with Gasteiger partial charge < -0.3 is 10.0 Å². The van der Waals surface area contributed by atoms with Crippen LogP contribution in [0.1, 0.15) is 33.1 Å². The van der Waals surface area contributed by atoms with Gasteiger partial charge in [0, 0.05) is 29.6 Å². The lowest BCUT2D eigenvalue weighted by Crippen LogP contribution is -2.43. The second-order valence-electron chi connectivity index (χ2n) is 4.81. The summed E-state index contributed by atoms with van der Waals surface area (Å²) >= 11 is 0. The predicted molar refractivity (Wildman–Crippen MR) is 69.7 cm³/mol. The van der Waals surface area contributed by atoms with Gasteiger partial charge in [-0.1, -0.05) is 6.92 Å². The Morgan fingerprint density at radius 3 is 2.28 bits per heavy atom. The highest BCUT2D eigenvalue weighted by Gasteiger charge is 2.28. The fourth-order valence-electron chi connectivity index (χ4n) is 1.95. The number of hydrogen-bond donors (Lipinski definition) is 1. The Labute approximate surface area is 110 Å². The zero-order chi connectivity index (χ0) is 13.7. The first kappa shape index (κ1) is 15.1. The van der Waals surface area contributed by atoms with Crippen LogP contribution in [-0.4, -0.2) is 50.2 Å². The van der Waals surface area contributed by atoms with Gasteiger partial charge >= 0.3 is 5.97 Å². The number of carbonyl (C=O) groups excluding carboxylic acids is 1. The molecular formula is C12H21NO4S. The van der Waals surface area contributed by atoms with Gasteiger partial charge in [-0.3, -0.25) is 13.8 Å². The highest BCUT2D eigenvalue weighted by molar-refractivity contribution is 7.86. The molecule has 3 atom stereocenters. The number of rotatable bonds is 5. The van der Waals surface area contributed by atoms with E-state index < -0.39 is 27.9 Å². The molecule has 0 aromatic heterocycles. The Balaban J connectivity index is 2.51. The molecule has 0 aliphatic carbocycles. The topological polar surface area (TPSA) is 74.7 Å². The van der Waals surface area contributed by atoms with Crippen LogP contribution in [0.15, 0.2) is 0 Å². The van der Waals surface area contributed by atoms with Crippen LogP contribution in [0.25, 0.3) is 0 Å². The molecular weight excluding hydrogens is 254 g/mol. The molecule has 1 N–H and O–H groups in total. The molecule has 5 nitrogen and oxygen atoms in total. The lowest BCUT2D eigenvalue weighted by Gasteiger charge is -2.29. The number of amides is 1. The Morgan fingerprint density at radius 1 is 1.22 bits per heavy atom. The van der Waals surface area contributed by atoms with Gasteiger partial charge in [-0.05, 0) is 26.2 Å². The lowest BCUT2D eigenvalue weighted by molar-refractivity contribution is -0.140. The van der Waals surface area contributed by atoms with Gasteiger partial charge in [0.25, 0.3) is 0 Å². The predicted octanol–water partition coefficient (Wildman–Crippen LogP) is 0.857. The normalized spacial score (nSPS) is 21.1. The molecule has 0 spiro atoms. The minimum Gasteiger partial charge on any atom is -0.481 e. The van der Waals surface area contributed by atoms with Crippen molar-refractivity contribution in [3.8, 4) is 0 Å². The fraction of sp³-hybridized carbons (Fsp3) is 0.833. The van der Waals surface area contributed by atoms with Gasteiger partial charge in [-0.15, -0.1) is 0 Å². The zero-order valence-corrected chi connectivity index (χ0v) is 11.7. The van der Waals surface area contributed by atoms with E-state index in [9.17, 15) is 13.8 Å². The van der Waals surface area contributed by atoms with Crippen molar-refractivity contribution in [1.29, 1.82) is 0 Å². The summed E-state index contributed by atoms with van der Waals surface area (Å²) in [7, 11) is -1.42. The summed E-state index contributed by atoms with van der Waals surface area (Å²) in [6.07, 6.45) is 3.13. The van der Waals surface area contributed by atoms with Gasteiger partial charge in [0.2, 0.25) is 5.91 Å². The summed E-state index contributed by atoms with van der Waals surface area (Å²) in [6.45, 7) is 4.60. The molecule has 1 aliphatic heterocycles. The molecule has 0 radical (unpaired) electrons. The third kappa shape index (κ3) is 4.08. The summed E-state index contributed by atoms with van der Waals surface area (Å²) < 4.78 is 11.9. The van der Waals surface area contributed by atoms with Crippen molar-refractivity contribution in [2.24, 2.45) is 5.92 Å². The van der Waals surface area contributed by atoms with Crippen molar-refractivity contribution in [2.75, 3.05) is 18.8 Å². The molecule has 1 aliphatic rings. The van der Waals surface area contributed by atoms with Gasteiger partial charge in [-0.2, -0.15) is 0 Å². The van der Waals surface area contributed by atoms with Crippen molar-refractivity contribution >= 4 is 22.7 Å². The molecule has 1 amide bonds. The average Bonchev–Trinajstić information content (AvgIpc) is 2.37. The molecule has 6 heteroatoms. The van der Waals surface area contributed by atoms with E-state index in [4.69, 9.17) is 5.11 Å². The highest BCUT2D eigenvalue weighted by Crippen LogP contribution is 2.13. The van der Waals surface area contributed by atoms with Crippen LogP contribution in [-0.2, 0) is 20.4 Å². The van der Waals surface area contributed by atoms with Crippen molar-refractivity contribution < 1.29 is 18.9 Å². The first-order chi connectivity index (χ1) is 8.43. The Morgan fingerprint density at radius 2 is 1.78 bits per heavy atom. The molecule has 18 heavy (non-hydrogen) atoms. The van der Waals surface area contributed by atoms with Crippen LogP contribution in [0, 0.1) is 5.92 Å². The summed E-state index contributed by atoms with van der Waals surface area (Å²) in [5, 5.41) is 8.16. The van der Waals surface area contributed by atoms with Gasteiger partial charge in [0.15, 0.2) is 0 Å². The monoisotopic (exact) mass is 275 g/mol. The largest absolute Gasteiger partial charge is 0.481 e. The van der Waals surface area contributed by atoms with Crippen LogP contribution >= 0.6 is 0 Å². The highest BCUT2D eigenvalue weighted by atomic mass is 32.2. The Kier molecular flexibility index (Phi) is 5.78. The maximum atomic E-state index is 12.1. The van der Waals surface area contributed by atoms with Gasteiger partial charge in [0.1, 0.15) is 5.25 Å². The smallest absolute Gasteiger partial charge is 0.307 e. The molecule has 104 valence electrons. The number of aliphatic carboxylic acids is 1. The van der Waals surface area contributed by atoms with E-state index in [1.807, 2.05) is 0 Å². The minimum absolute atomic E-state index is 0.0378. The number of hydrogen-bond acceptors (Lipinski definition) is 3. The number of piperidine rings is 1. The zero-order valence-electron chi connectivity index (χ0n) is 10.9. The molecule has 1 saturated heterocycles. The molecule has 0 aromatic carbocycles. The number of carboxylic acid groups (broad SMARTS) is 1. The first-order valence-electron chi connectivity index (χ1n) is 6.32. The SMILES string of the molecule is CC(CS(=O)C(C)C(=O)N1CCCCC1)C(=O)O. The first-order valence-corrected chi connectivity index (χ1v) is 7.70. The molecule has 1 heterocycles. The summed E-state index contributed by atoms with van der Waals surface area (Å²) in [5.41, 5.74) is 0. The summed E-state index contributed by atoms with van der Waals surface area (Å²) in [4.78, 5) is 24.5. The van der Waals surface area contributed by atoms with E-state index >= 15 is 0 Å². The van der Waals surface area contributed by atoms with Crippen LogP contribution in [0.3, 0.4) is 0 Å². The van der Waals surface area contributed by atoms with Crippen LogP contribution < -0.4 is 0 Å². The van der Waals surface area contributed by atoms with E-state index in [1.54, 1.807) is 11.8 Å².